The maximum Gasteiger partial charge on any atom is 0.336 e. The molecular formula is C28H31NO5S. The van der Waals surface area contributed by atoms with E-state index < -0.39 is 11.8 Å². The van der Waals surface area contributed by atoms with Crippen LogP contribution < -0.4 is 4.74 Å². The van der Waals surface area contributed by atoms with Crippen LogP contribution in [0.15, 0.2) is 52.0 Å². The summed E-state index contributed by atoms with van der Waals surface area (Å²) in [5.41, 5.74) is 2.63. The molecule has 184 valence electrons. The molecule has 1 aromatic heterocycles. The van der Waals surface area contributed by atoms with Gasteiger partial charge in [0.15, 0.2) is 11.5 Å². The molecule has 0 saturated heterocycles. The molecule has 7 heteroatoms. The standard InChI is InChI=1S/C28H31NO5S/c1-3-33-23-15-17(10-11-21(23)30)26-25(28(32)34-19-7-4-5-8-19)16(2)29-20-13-18(14-22(31)27(20)26)24-9-6-12-35-24/h6,9-12,15,18-19,26-27,30H,3-5,7-8,13-14H2,1-2H3/t18-,26+,27?/m0/s1. The van der Waals surface area contributed by atoms with Crippen LogP contribution in [0.1, 0.15) is 74.6 Å². The van der Waals surface area contributed by atoms with Gasteiger partial charge >= 0.3 is 5.97 Å². The molecule has 1 N–H and O–H groups in total. The predicted octanol–water partition coefficient (Wildman–Crippen LogP) is 5.91. The molecule has 2 saturated carbocycles. The minimum atomic E-state index is -0.528. The summed E-state index contributed by atoms with van der Waals surface area (Å²) >= 11 is 1.66. The maximum absolute atomic E-state index is 13.7. The number of Topliss-reactive ketones (excluding diaryl/α,β-unsaturated/α-hetero) is 1. The summed E-state index contributed by atoms with van der Waals surface area (Å²) < 4.78 is 11.5. The van der Waals surface area contributed by atoms with Crippen molar-refractivity contribution in [3.05, 3.63) is 57.4 Å². The number of rotatable bonds is 6. The Kier molecular flexibility index (Phi) is 6.78. The molecule has 0 radical (unpaired) electrons. The molecule has 3 aliphatic rings. The van der Waals surface area contributed by atoms with Gasteiger partial charge in [-0.3, -0.25) is 9.79 Å². The Morgan fingerprint density at radius 2 is 1.97 bits per heavy atom. The van der Waals surface area contributed by atoms with Gasteiger partial charge in [-0.2, -0.15) is 0 Å². The fraction of sp³-hybridized carbons (Fsp3) is 0.464. The summed E-state index contributed by atoms with van der Waals surface area (Å²) in [6.07, 6.45) is 4.88. The van der Waals surface area contributed by atoms with E-state index >= 15 is 0 Å². The van der Waals surface area contributed by atoms with Gasteiger partial charge in [0.2, 0.25) is 0 Å². The van der Waals surface area contributed by atoms with Crippen molar-refractivity contribution in [1.29, 1.82) is 0 Å². The van der Waals surface area contributed by atoms with Crippen LogP contribution in [0.3, 0.4) is 0 Å². The predicted molar refractivity (Wildman–Crippen MR) is 135 cm³/mol. The summed E-state index contributed by atoms with van der Waals surface area (Å²) in [7, 11) is 0. The number of allylic oxidation sites excluding steroid dienone is 1. The average Bonchev–Trinajstić information content (AvgIpc) is 3.54. The molecule has 35 heavy (non-hydrogen) atoms. The lowest BCUT2D eigenvalue weighted by molar-refractivity contribution is -0.144. The number of carbonyl (C=O) groups excluding carboxylic acids is 2. The number of phenolic OH excluding ortho intramolecular Hbond substituents is 1. The average molecular weight is 494 g/mol. The van der Waals surface area contributed by atoms with Gasteiger partial charge in [-0.05, 0) is 75.1 Å². The highest BCUT2D eigenvalue weighted by atomic mass is 32.1. The number of benzene rings is 1. The summed E-state index contributed by atoms with van der Waals surface area (Å²) in [4.78, 5) is 33.2. The Balaban J connectivity index is 1.57. The second-order valence-electron chi connectivity index (χ2n) is 9.62. The number of phenols is 1. The zero-order chi connectivity index (χ0) is 24.5. The fourth-order valence-electron chi connectivity index (χ4n) is 5.74. The van der Waals surface area contributed by atoms with Crippen LogP contribution in [-0.4, -0.2) is 35.3 Å². The Labute approximate surface area is 209 Å². The number of hydrogen-bond donors (Lipinski definition) is 1. The molecule has 6 nitrogen and oxygen atoms in total. The highest BCUT2D eigenvalue weighted by Gasteiger charge is 2.46. The molecule has 0 spiro atoms. The minimum absolute atomic E-state index is 0.0313. The highest BCUT2D eigenvalue weighted by Crippen LogP contribution is 2.48. The largest absolute Gasteiger partial charge is 0.504 e. The van der Waals surface area contributed by atoms with Crippen molar-refractivity contribution >= 4 is 28.8 Å². The Hall–Kier alpha value is -2.93. The Morgan fingerprint density at radius 1 is 1.17 bits per heavy atom. The number of hydrogen-bond acceptors (Lipinski definition) is 7. The minimum Gasteiger partial charge on any atom is -0.504 e. The summed E-state index contributed by atoms with van der Waals surface area (Å²) in [5.74, 6) is -0.868. The van der Waals surface area contributed by atoms with Crippen LogP contribution in [0.2, 0.25) is 0 Å². The fourth-order valence-corrected chi connectivity index (χ4v) is 6.57. The molecule has 2 aliphatic carbocycles. The van der Waals surface area contributed by atoms with E-state index in [-0.39, 0.29) is 29.5 Å². The van der Waals surface area contributed by atoms with Gasteiger partial charge in [-0.25, -0.2) is 4.79 Å². The molecule has 2 aromatic rings. The van der Waals surface area contributed by atoms with Crippen LogP contribution in [0.5, 0.6) is 11.5 Å². The van der Waals surface area contributed by atoms with E-state index in [0.29, 0.717) is 36.5 Å². The van der Waals surface area contributed by atoms with Crippen molar-refractivity contribution in [2.75, 3.05) is 6.61 Å². The molecule has 0 bridgehead atoms. The van der Waals surface area contributed by atoms with Crippen LogP contribution >= 0.6 is 11.3 Å². The van der Waals surface area contributed by atoms with E-state index in [0.717, 1.165) is 37.0 Å². The molecule has 1 unspecified atom stereocenters. The quantitative estimate of drug-likeness (QED) is 0.506. The number of ketones is 1. The van der Waals surface area contributed by atoms with Gasteiger partial charge in [0.1, 0.15) is 11.9 Å². The van der Waals surface area contributed by atoms with Crippen molar-refractivity contribution in [3.63, 3.8) is 0 Å². The summed E-state index contributed by atoms with van der Waals surface area (Å²) in [6.45, 7) is 4.08. The second kappa shape index (κ2) is 9.97. The van der Waals surface area contributed by atoms with Gasteiger partial charge in [0.25, 0.3) is 0 Å². The van der Waals surface area contributed by atoms with Gasteiger partial charge in [-0.15, -0.1) is 11.3 Å². The van der Waals surface area contributed by atoms with Crippen molar-refractivity contribution < 1.29 is 24.2 Å². The summed E-state index contributed by atoms with van der Waals surface area (Å²) in [5, 5.41) is 12.3. The molecule has 1 aromatic carbocycles. The third-order valence-corrected chi connectivity index (χ3v) is 8.37. The number of esters is 1. The number of ether oxygens (including phenoxy) is 2. The second-order valence-corrected chi connectivity index (χ2v) is 10.6. The van der Waals surface area contributed by atoms with E-state index in [4.69, 9.17) is 14.5 Å². The molecule has 5 rings (SSSR count). The monoisotopic (exact) mass is 493 g/mol. The number of thiophene rings is 1. The molecular weight excluding hydrogens is 462 g/mol. The van der Waals surface area contributed by atoms with Crippen molar-refractivity contribution in [2.24, 2.45) is 10.9 Å². The lowest BCUT2D eigenvalue weighted by Gasteiger charge is -2.38. The van der Waals surface area contributed by atoms with Crippen LogP contribution in [0.25, 0.3) is 0 Å². The number of aliphatic imine (C=N–C) groups is 1. The van der Waals surface area contributed by atoms with Gasteiger partial charge < -0.3 is 14.6 Å². The van der Waals surface area contributed by atoms with E-state index in [9.17, 15) is 14.7 Å². The first kappa shape index (κ1) is 23.8. The van der Waals surface area contributed by atoms with E-state index in [2.05, 4.69) is 6.07 Å². The zero-order valence-electron chi connectivity index (χ0n) is 20.2. The Bertz CT molecular complexity index is 1180. The first-order valence-electron chi connectivity index (χ1n) is 12.5. The topological polar surface area (TPSA) is 85.2 Å². The molecule has 0 amide bonds. The highest BCUT2D eigenvalue weighted by molar-refractivity contribution is 7.10. The number of carbonyl (C=O) groups is 2. The van der Waals surface area contributed by atoms with Crippen molar-refractivity contribution in [2.45, 2.75) is 70.3 Å². The van der Waals surface area contributed by atoms with E-state index in [1.54, 1.807) is 29.5 Å². The van der Waals surface area contributed by atoms with Gasteiger partial charge in [0.05, 0.1) is 18.1 Å². The zero-order valence-corrected chi connectivity index (χ0v) is 21.0. The van der Waals surface area contributed by atoms with Crippen LogP contribution in [0.4, 0.5) is 0 Å². The summed E-state index contributed by atoms with van der Waals surface area (Å²) in [6, 6.07) is 9.19. The van der Waals surface area contributed by atoms with Crippen molar-refractivity contribution in [1.82, 2.24) is 0 Å². The lowest BCUT2D eigenvalue weighted by Crippen LogP contribution is -2.41. The lowest BCUT2D eigenvalue weighted by atomic mass is 9.67. The third-order valence-electron chi connectivity index (χ3n) is 7.34. The molecule has 2 heterocycles. The molecule has 1 aliphatic heterocycles. The van der Waals surface area contributed by atoms with Crippen LogP contribution in [-0.2, 0) is 14.3 Å². The van der Waals surface area contributed by atoms with E-state index in [1.807, 2.05) is 25.3 Å². The van der Waals surface area contributed by atoms with Crippen LogP contribution in [0, 0.1) is 5.92 Å². The number of nitrogens with zero attached hydrogens (tertiary/aromatic N) is 1. The van der Waals surface area contributed by atoms with Gasteiger partial charge in [-0.1, -0.05) is 12.1 Å². The number of fused-ring (bicyclic) bond motifs is 1. The molecule has 3 atom stereocenters. The normalized spacial score (nSPS) is 24.8. The smallest absolute Gasteiger partial charge is 0.336 e. The Morgan fingerprint density at radius 3 is 2.69 bits per heavy atom. The van der Waals surface area contributed by atoms with E-state index in [1.165, 1.54) is 4.88 Å². The number of aromatic hydroxyl groups is 1. The first-order valence-corrected chi connectivity index (χ1v) is 13.3. The first-order chi connectivity index (χ1) is 17.0. The third kappa shape index (κ3) is 4.66. The van der Waals surface area contributed by atoms with Crippen molar-refractivity contribution in [3.8, 4) is 11.5 Å². The SMILES string of the molecule is CCOc1cc([C@@H]2C(C(=O)OC3CCCC3)=C(C)N=C3C[C@H](c4cccs4)CC(=O)C32)ccc1O. The molecule has 2 fully saturated rings. The van der Waals surface area contributed by atoms with Gasteiger partial charge in [0, 0.05) is 34.5 Å². The maximum atomic E-state index is 13.7.